The van der Waals surface area contributed by atoms with E-state index in [1.807, 2.05) is 18.2 Å². The van der Waals surface area contributed by atoms with E-state index in [-0.39, 0.29) is 0 Å². The van der Waals surface area contributed by atoms with Gasteiger partial charge in [0.2, 0.25) is 0 Å². The number of hydrogen-bond acceptors (Lipinski definition) is 2. The minimum Gasteiger partial charge on any atom is -0.382 e. The van der Waals surface area contributed by atoms with Crippen LogP contribution in [0.25, 0.3) is 0 Å². The fourth-order valence-corrected chi connectivity index (χ4v) is 2.49. The molecule has 0 saturated heterocycles. The van der Waals surface area contributed by atoms with Crippen molar-refractivity contribution in [2.45, 2.75) is 32.2 Å². The number of nitrogens with one attached hydrogen (secondary N) is 1. The summed E-state index contributed by atoms with van der Waals surface area (Å²) in [6.45, 7) is 2.23. The highest BCUT2D eigenvalue weighted by Gasteiger charge is 2.35. The van der Waals surface area contributed by atoms with E-state index in [1.165, 1.54) is 19.3 Å². The minimum absolute atomic E-state index is 0.639. The lowest BCUT2D eigenvalue weighted by atomic mass is 10.2. The van der Waals surface area contributed by atoms with Gasteiger partial charge in [0.15, 0.2) is 0 Å². The van der Waals surface area contributed by atoms with Gasteiger partial charge in [-0.1, -0.05) is 13.3 Å². The zero-order valence-electron chi connectivity index (χ0n) is 9.33. The molecule has 16 heavy (non-hydrogen) atoms. The smallest absolute Gasteiger partial charge is 0.100 e. The average Bonchev–Trinajstić information content (AvgIpc) is 2.97. The van der Waals surface area contributed by atoms with Gasteiger partial charge >= 0.3 is 0 Å². The van der Waals surface area contributed by atoms with E-state index in [1.54, 1.807) is 0 Å². The van der Waals surface area contributed by atoms with Crippen LogP contribution in [0, 0.1) is 17.2 Å². The van der Waals surface area contributed by atoms with Crippen LogP contribution in [0.15, 0.2) is 22.7 Å². The standard InChI is InChI=1S/C13H15BrN2/c1-2-3-9-6-13(9)16-11-5-4-10(8-15)12(14)7-11/h4-5,7,9,13,16H,2-3,6H2,1H3. The Bertz CT molecular complexity index is 422. The van der Waals surface area contributed by atoms with Crippen LogP contribution in [0.5, 0.6) is 0 Å². The first-order chi connectivity index (χ1) is 7.74. The molecule has 0 aliphatic heterocycles. The van der Waals surface area contributed by atoms with E-state index < -0.39 is 0 Å². The first-order valence-corrected chi connectivity index (χ1v) is 6.50. The lowest BCUT2D eigenvalue weighted by Crippen LogP contribution is -2.04. The molecule has 3 heteroatoms. The molecule has 1 saturated carbocycles. The van der Waals surface area contributed by atoms with Crippen molar-refractivity contribution in [1.82, 2.24) is 0 Å². The van der Waals surface area contributed by atoms with Crippen molar-refractivity contribution in [2.75, 3.05) is 5.32 Å². The predicted octanol–water partition coefficient (Wildman–Crippen LogP) is 3.92. The maximum Gasteiger partial charge on any atom is 0.100 e. The second-order valence-electron chi connectivity index (χ2n) is 4.34. The highest BCUT2D eigenvalue weighted by atomic mass is 79.9. The van der Waals surface area contributed by atoms with Crippen LogP contribution in [0.4, 0.5) is 5.69 Å². The topological polar surface area (TPSA) is 35.8 Å². The molecule has 0 radical (unpaired) electrons. The van der Waals surface area contributed by atoms with Gasteiger partial charge in [0.1, 0.15) is 6.07 Å². The third-order valence-electron chi connectivity index (χ3n) is 3.02. The summed E-state index contributed by atoms with van der Waals surface area (Å²) in [7, 11) is 0. The summed E-state index contributed by atoms with van der Waals surface area (Å²) in [6, 6.07) is 8.60. The minimum atomic E-state index is 0.639. The summed E-state index contributed by atoms with van der Waals surface area (Å²) in [4.78, 5) is 0. The van der Waals surface area contributed by atoms with Gasteiger partial charge in [-0.2, -0.15) is 5.26 Å². The third kappa shape index (κ3) is 2.56. The summed E-state index contributed by atoms with van der Waals surface area (Å²) >= 11 is 3.40. The zero-order valence-corrected chi connectivity index (χ0v) is 10.9. The fraction of sp³-hybridized carbons (Fsp3) is 0.462. The van der Waals surface area contributed by atoms with Crippen molar-refractivity contribution >= 4 is 21.6 Å². The Morgan fingerprint density at radius 3 is 3.00 bits per heavy atom. The number of hydrogen-bond donors (Lipinski definition) is 1. The number of rotatable bonds is 4. The molecule has 2 unspecified atom stereocenters. The van der Waals surface area contributed by atoms with Gasteiger partial charge in [-0.05, 0) is 52.9 Å². The first-order valence-electron chi connectivity index (χ1n) is 5.70. The van der Waals surface area contributed by atoms with Crippen LogP contribution in [-0.2, 0) is 0 Å². The number of benzene rings is 1. The van der Waals surface area contributed by atoms with Crippen LogP contribution in [0.2, 0.25) is 0 Å². The van der Waals surface area contributed by atoms with E-state index in [4.69, 9.17) is 5.26 Å². The van der Waals surface area contributed by atoms with Gasteiger partial charge < -0.3 is 5.32 Å². The van der Waals surface area contributed by atoms with Crippen molar-refractivity contribution in [1.29, 1.82) is 5.26 Å². The summed E-state index contributed by atoms with van der Waals surface area (Å²) < 4.78 is 0.868. The summed E-state index contributed by atoms with van der Waals surface area (Å²) in [5.74, 6) is 0.847. The molecule has 1 aliphatic carbocycles. The fourth-order valence-electron chi connectivity index (χ4n) is 2.02. The molecular weight excluding hydrogens is 264 g/mol. The highest BCUT2D eigenvalue weighted by molar-refractivity contribution is 9.10. The van der Waals surface area contributed by atoms with E-state index in [9.17, 15) is 0 Å². The third-order valence-corrected chi connectivity index (χ3v) is 3.68. The first kappa shape index (κ1) is 11.5. The van der Waals surface area contributed by atoms with E-state index in [0.29, 0.717) is 11.6 Å². The van der Waals surface area contributed by atoms with Gasteiger partial charge in [-0.25, -0.2) is 0 Å². The molecule has 0 heterocycles. The highest BCUT2D eigenvalue weighted by Crippen LogP contribution is 2.37. The summed E-state index contributed by atoms with van der Waals surface area (Å²) in [5, 5.41) is 12.3. The molecule has 0 spiro atoms. The number of nitrogens with zero attached hydrogens (tertiary/aromatic N) is 1. The summed E-state index contributed by atoms with van der Waals surface area (Å²) in [6.07, 6.45) is 3.86. The van der Waals surface area contributed by atoms with Gasteiger partial charge in [0.25, 0.3) is 0 Å². The molecule has 1 aromatic carbocycles. The molecule has 1 aliphatic rings. The van der Waals surface area contributed by atoms with Gasteiger partial charge in [0.05, 0.1) is 5.56 Å². The van der Waals surface area contributed by atoms with Gasteiger partial charge in [0, 0.05) is 16.2 Å². The Balaban J connectivity index is 1.97. The Morgan fingerprint density at radius 1 is 1.56 bits per heavy atom. The van der Waals surface area contributed by atoms with Crippen LogP contribution >= 0.6 is 15.9 Å². The second kappa shape index (κ2) is 4.88. The quantitative estimate of drug-likeness (QED) is 0.906. The number of nitriles is 1. The normalized spacial score (nSPS) is 22.6. The van der Waals surface area contributed by atoms with Crippen molar-refractivity contribution < 1.29 is 0 Å². The average molecular weight is 279 g/mol. The Kier molecular flexibility index (Phi) is 3.50. The lowest BCUT2D eigenvalue weighted by molar-refractivity contribution is 0.693. The van der Waals surface area contributed by atoms with Crippen LogP contribution in [0.3, 0.4) is 0 Å². The number of halogens is 1. The summed E-state index contributed by atoms with van der Waals surface area (Å²) in [5.41, 5.74) is 1.79. The molecule has 0 aromatic heterocycles. The largest absolute Gasteiger partial charge is 0.382 e. The molecular formula is C13H15BrN2. The molecule has 1 aromatic rings. The molecule has 2 rings (SSSR count). The van der Waals surface area contributed by atoms with E-state index in [2.05, 4.69) is 34.2 Å². The maximum atomic E-state index is 8.82. The SMILES string of the molecule is CCCC1CC1Nc1ccc(C#N)c(Br)c1. The number of anilines is 1. The van der Waals surface area contributed by atoms with Crippen molar-refractivity contribution in [3.05, 3.63) is 28.2 Å². The maximum absolute atomic E-state index is 8.82. The molecule has 0 bridgehead atoms. The molecule has 1 fully saturated rings. The Labute approximate surface area is 105 Å². The van der Waals surface area contributed by atoms with Gasteiger partial charge in [-0.3, -0.25) is 0 Å². The van der Waals surface area contributed by atoms with Gasteiger partial charge in [-0.15, -0.1) is 0 Å². The van der Waals surface area contributed by atoms with E-state index in [0.717, 1.165) is 16.1 Å². The zero-order chi connectivity index (χ0) is 11.5. The second-order valence-corrected chi connectivity index (χ2v) is 5.20. The van der Waals surface area contributed by atoms with Crippen molar-refractivity contribution in [3.8, 4) is 6.07 Å². The monoisotopic (exact) mass is 278 g/mol. The predicted molar refractivity (Wildman–Crippen MR) is 69.3 cm³/mol. The van der Waals surface area contributed by atoms with Crippen molar-refractivity contribution in [3.63, 3.8) is 0 Å². The van der Waals surface area contributed by atoms with Crippen LogP contribution in [-0.4, -0.2) is 6.04 Å². The van der Waals surface area contributed by atoms with E-state index >= 15 is 0 Å². The van der Waals surface area contributed by atoms with Crippen molar-refractivity contribution in [2.24, 2.45) is 5.92 Å². The molecule has 84 valence electrons. The van der Waals surface area contributed by atoms with Crippen LogP contribution in [0.1, 0.15) is 31.7 Å². The van der Waals surface area contributed by atoms with Crippen LogP contribution < -0.4 is 5.32 Å². The molecule has 0 amide bonds. The Hall–Kier alpha value is -1.01. The molecule has 1 N–H and O–H groups in total. The lowest BCUT2D eigenvalue weighted by Gasteiger charge is -2.06. The molecule has 2 nitrogen and oxygen atoms in total. The molecule has 2 atom stereocenters. The Morgan fingerprint density at radius 2 is 2.38 bits per heavy atom.